The first-order valence-corrected chi connectivity index (χ1v) is 6.80. The van der Waals surface area contributed by atoms with Gasteiger partial charge in [0, 0.05) is 13.3 Å². The van der Waals surface area contributed by atoms with E-state index in [4.69, 9.17) is 4.74 Å². The van der Waals surface area contributed by atoms with Crippen LogP contribution in [-0.2, 0) is 23.9 Å². The number of ketones is 4. The van der Waals surface area contributed by atoms with E-state index < -0.39 is 58.8 Å². The van der Waals surface area contributed by atoms with Crippen LogP contribution in [0.15, 0.2) is 0 Å². The van der Waals surface area contributed by atoms with E-state index in [1.807, 2.05) is 0 Å². The first-order chi connectivity index (χ1) is 10.2. The van der Waals surface area contributed by atoms with Gasteiger partial charge < -0.3 is 25.2 Å². The lowest BCUT2D eigenvalue weighted by Crippen LogP contribution is -2.77. The summed E-state index contributed by atoms with van der Waals surface area (Å²) in [5.41, 5.74) is -5.58. The van der Waals surface area contributed by atoms with Crippen molar-refractivity contribution in [1.82, 2.24) is 0 Å². The summed E-state index contributed by atoms with van der Waals surface area (Å²) in [6.45, 7) is 3.47. The molecule has 0 radical (unpaired) electrons. The number of carbonyl (C=O) groups is 4. The van der Waals surface area contributed by atoms with Gasteiger partial charge in [0.15, 0.2) is 34.3 Å². The van der Waals surface area contributed by atoms with Crippen LogP contribution in [0.3, 0.4) is 0 Å². The Kier molecular flexibility index (Phi) is 4.96. The van der Waals surface area contributed by atoms with E-state index in [-0.39, 0.29) is 0 Å². The third kappa shape index (κ3) is 2.74. The van der Waals surface area contributed by atoms with Crippen molar-refractivity contribution in [3.63, 3.8) is 0 Å². The lowest BCUT2D eigenvalue weighted by molar-refractivity contribution is -0.347. The Morgan fingerprint density at radius 1 is 0.957 bits per heavy atom. The molecule has 0 bridgehead atoms. The molecule has 4 N–H and O–H groups in total. The molecule has 0 aliphatic carbocycles. The van der Waals surface area contributed by atoms with Gasteiger partial charge in [-0.2, -0.15) is 0 Å². The summed E-state index contributed by atoms with van der Waals surface area (Å²) in [6, 6.07) is 0. The zero-order valence-electron chi connectivity index (χ0n) is 13.2. The van der Waals surface area contributed by atoms with Gasteiger partial charge in [0.1, 0.15) is 12.2 Å². The van der Waals surface area contributed by atoms with Crippen LogP contribution in [0.1, 0.15) is 34.1 Å². The van der Waals surface area contributed by atoms with Gasteiger partial charge in [-0.25, -0.2) is 0 Å². The summed E-state index contributed by atoms with van der Waals surface area (Å²) < 4.78 is 4.91. The molecule has 1 aliphatic heterocycles. The zero-order valence-corrected chi connectivity index (χ0v) is 13.2. The number of carbonyl (C=O) groups excluding carboxylic acids is 4. The van der Waals surface area contributed by atoms with E-state index in [1.165, 1.54) is 0 Å². The van der Waals surface area contributed by atoms with Crippen LogP contribution >= 0.6 is 0 Å². The van der Waals surface area contributed by atoms with Crippen molar-refractivity contribution in [3.05, 3.63) is 0 Å². The molecular formula is C14H20O9. The molecule has 5 atom stereocenters. The second kappa shape index (κ2) is 5.84. The van der Waals surface area contributed by atoms with E-state index in [2.05, 4.69) is 0 Å². The average molecular weight is 332 g/mol. The van der Waals surface area contributed by atoms with E-state index in [9.17, 15) is 39.6 Å². The Hall–Kier alpha value is -1.52. The van der Waals surface area contributed by atoms with Gasteiger partial charge in [0.05, 0.1) is 0 Å². The second-order valence-electron chi connectivity index (χ2n) is 5.87. The molecule has 1 fully saturated rings. The fourth-order valence-corrected chi connectivity index (χ4v) is 2.59. The van der Waals surface area contributed by atoms with Crippen molar-refractivity contribution in [2.24, 2.45) is 0 Å². The summed E-state index contributed by atoms with van der Waals surface area (Å²) in [5, 5.41) is 41.2. The molecule has 23 heavy (non-hydrogen) atoms. The molecule has 1 heterocycles. The van der Waals surface area contributed by atoms with Gasteiger partial charge in [-0.3, -0.25) is 19.2 Å². The first kappa shape index (κ1) is 19.5. The summed E-state index contributed by atoms with van der Waals surface area (Å²) in [6.07, 6.45) is -5.22. The molecule has 1 unspecified atom stereocenters. The zero-order chi connectivity index (χ0) is 18.4. The fourth-order valence-electron chi connectivity index (χ4n) is 2.59. The molecule has 9 nitrogen and oxygen atoms in total. The predicted molar refractivity (Wildman–Crippen MR) is 73.1 cm³/mol. The van der Waals surface area contributed by atoms with Crippen molar-refractivity contribution in [3.8, 4) is 0 Å². The monoisotopic (exact) mass is 332 g/mol. The minimum Gasteiger partial charge on any atom is -0.382 e. The van der Waals surface area contributed by atoms with Crippen molar-refractivity contribution in [2.45, 2.75) is 63.3 Å². The quantitative estimate of drug-likeness (QED) is 0.432. The second-order valence-corrected chi connectivity index (χ2v) is 5.87. The highest BCUT2D eigenvalue weighted by Crippen LogP contribution is 2.44. The summed E-state index contributed by atoms with van der Waals surface area (Å²) >= 11 is 0. The molecule has 1 saturated heterocycles. The van der Waals surface area contributed by atoms with Crippen LogP contribution in [0.5, 0.6) is 0 Å². The minimum absolute atomic E-state index is 0.809. The van der Waals surface area contributed by atoms with E-state index >= 15 is 0 Å². The normalized spacial score (nSPS) is 38.7. The molecule has 9 heteroatoms. The number of aliphatic hydroxyl groups is 4. The number of hydrogen-bond donors (Lipinski definition) is 4. The molecule has 0 aromatic carbocycles. The largest absolute Gasteiger partial charge is 0.382 e. The van der Waals surface area contributed by atoms with Crippen molar-refractivity contribution in [2.75, 3.05) is 0 Å². The Morgan fingerprint density at radius 3 is 1.74 bits per heavy atom. The predicted octanol–water partition coefficient (Wildman–Crippen LogP) is -2.36. The van der Waals surface area contributed by atoms with Gasteiger partial charge >= 0.3 is 0 Å². The van der Waals surface area contributed by atoms with Crippen LogP contribution in [-0.4, -0.2) is 72.8 Å². The molecule has 1 rings (SSSR count). The maximum absolute atomic E-state index is 11.8. The van der Waals surface area contributed by atoms with Gasteiger partial charge in [0.25, 0.3) is 5.79 Å². The Balaban J connectivity index is 3.59. The molecule has 1 aliphatic rings. The standard InChI is InChI=1S/C14H20O9/c1-6(15)10(19)11-12(20,7(2)16)5-13(21,8(3)17)14(22,23-11)9(4)18/h10-11,19-22H,5H2,1-4H3/t10?,11-,12-,13+,14+/m1/s1. The average Bonchev–Trinajstić information content (AvgIpc) is 2.41. The number of ether oxygens (including phenoxy) is 1. The maximum Gasteiger partial charge on any atom is 0.263 e. The SMILES string of the molecule is CC(=O)C(O)[C@H]1O[C@@](O)(C(C)=O)[C@@](O)(C(C)=O)C[C@@]1(O)C(C)=O. The lowest BCUT2D eigenvalue weighted by Gasteiger charge is -2.52. The van der Waals surface area contributed by atoms with Crippen molar-refractivity contribution < 1.29 is 44.3 Å². The van der Waals surface area contributed by atoms with Gasteiger partial charge in [-0.15, -0.1) is 0 Å². The van der Waals surface area contributed by atoms with E-state index in [0.717, 1.165) is 27.7 Å². The van der Waals surface area contributed by atoms with Crippen LogP contribution in [0, 0.1) is 0 Å². The molecule has 0 spiro atoms. The Morgan fingerprint density at radius 2 is 1.43 bits per heavy atom. The van der Waals surface area contributed by atoms with Gasteiger partial charge in [-0.1, -0.05) is 0 Å². The highest BCUT2D eigenvalue weighted by molar-refractivity contribution is 5.98. The summed E-state index contributed by atoms with van der Waals surface area (Å²) in [7, 11) is 0. The first-order valence-electron chi connectivity index (χ1n) is 6.80. The van der Waals surface area contributed by atoms with E-state index in [1.54, 1.807) is 0 Å². The molecule has 0 saturated carbocycles. The van der Waals surface area contributed by atoms with Crippen LogP contribution in [0.2, 0.25) is 0 Å². The van der Waals surface area contributed by atoms with Gasteiger partial charge in [-0.05, 0) is 20.8 Å². The molecular weight excluding hydrogens is 312 g/mol. The third-order valence-corrected chi connectivity index (χ3v) is 4.23. The molecule has 0 aromatic rings. The highest BCUT2D eigenvalue weighted by Gasteiger charge is 2.70. The number of hydrogen-bond acceptors (Lipinski definition) is 9. The maximum atomic E-state index is 11.8. The van der Waals surface area contributed by atoms with Gasteiger partial charge in [0.2, 0.25) is 0 Å². The highest BCUT2D eigenvalue weighted by atomic mass is 16.7. The lowest BCUT2D eigenvalue weighted by atomic mass is 9.69. The molecule has 0 aromatic heterocycles. The third-order valence-electron chi connectivity index (χ3n) is 4.23. The molecule has 130 valence electrons. The topological polar surface area (TPSA) is 158 Å². The minimum atomic E-state index is -3.12. The Bertz CT molecular complexity index is 571. The van der Waals surface area contributed by atoms with Crippen molar-refractivity contribution in [1.29, 1.82) is 0 Å². The van der Waals surface area contributed by atoms with E-state index in [0.29, 0.717) is 0 Å². The number of aliphatic hydroxyl groups excluding tert-OH is 1. The fraction of sp³-hybridized carbons (Fsp3) is 0.714. The van der Waals surface area contributed by atoms with Crippen LogP contribution in [0.4, 0.5) is 0 Å². The summed E-state index contributed by atoms with van der Waals surface area (Å²) in [4.78, 5) is 46.7. The number of rotatable bonds is 5. The molecule has 0 amide bonds. The van der Waals surface area contributed by atoms with Crippen molar-refractivity contribution >= 4 is 23.1 Å². The smallest absolute Gasteiger partial charge is 0.263 e. The Labute approximate surface area is 131 Å². The van der Waals surface area contributed by atoms with Crippen LogP contribution in [0.25, 0.3) is 0 Å². The van der Waals surface area contributed by atoms with Crippen LogP contribution < -0.4 is 0 Å². The number of Topliss-reactive ketones (excluding diaryl/α,β-unsaturated/α-hetero) is 4. The summed E-state index contributed by atoms with van der Waals surface area (Å²) in [5.74, 6) is -7.38.